The lowest BCUT2D eigenvalue weighted by Gasteiger charge is -2.44. The number of nitrogens with zero attached hydrogens (tertiary/aromatic N) is 4. The van der Waals surface area contributed by atoms with Gasteiger partial charge in [-0.2, -0.15) is 13.2 Å². The highest BCUT2D eigenvalue weighted by Crippen LogP contribution is 2.33. The molecule has 13 heteroatoms. The van der Waals surface area contributed by atoms with Gasteiger partial charge in [0.2, 0.25) is 16.0 Å². The first-order chi connectivity index (χ1) is 15.8. The van der Waals surface area contributed by atoms with Crippen molar-refractivity contribution in [3.05, 3.63) is 41.5 Å². The van der Waals surface area contributed by atoms with Crippen LogP contribution in [0.25, 0.3) is 0 Å². The van der Waals surface area contributed by atoms with Gasteiger partial charge in [0.25, 0.3) is 0 Å². The Morgan fingerprint density at radius 2 is 1.91 bits per heavy atom. The van der Waals surface area contributed by atoms with E-state index in [1.807, 2.05) is 18.7 Å². The van der Waals surface area contributed by atoms with Crippen molar-refractivity contribution in [1.82, 2.24) is 14.7 Å². The number of rotatable bonds is 6. The molecule has 0 bridgehead atoms. The van der Waals surface area contributed by atoms with Crippen molar-refractivity contribution < 1.29 is 30.8 Å². The third-order valence-corrected chi connectivity index (χ3v) is 7.14. The smallest absolute Gasteiger partial charge is 0.368 e. The van der Waals surface area contributed by atoms with Gasteiger partial charge in [-0.15, -0.1) is 0 Å². The lowest BCUT2D eigenvalue weighted by molar-refractivity contribution is -0.141. The predicted octanol–water partition coefficient (Wildman–Crippen LogP) is 3.10. The number of sulfonamides is 1. The van der Waals surface area contributed by atoms with Gasteiger partial charge >= 0.3 is 6.18 Å². The van der Waals surface area contributed by atoms with Crippen LogP contribution in [-0.4, -0.2) is 56.9 Å². The fourth-order valence-corrected chi connectivity index (χ4v) is 4.67. The summed E-state index contributed by atoms with van der Waals surface area (Å²) in [5.41, 5.74) is -1.42. The molecule has 0 spiro atoms. The number of halogens is 4. The minimum Gasteiger partial charge on any atom is -0.368 e. The van der Waals surface area contributed by atoms with Gasteiger partial charge < -0.3 is 9.80 Å². The lowest BCUT2D eigenvalue weighted by Crippen LogP contribution is -2.56. The van der Waals surface area contributed by atoms with Gasteiger partial charge in [0, 0.05) is 31.5 Å². The number of anilines is 2. The number of alkyl halides is 3. The second kappa shape index (κ2) is 9.45. The van der Waals surface area contributed by atoms with Crippen LogP contribution in [0.2, 0.25) is 0 Å². The number of hydrogen-bond acceptors (Lipinski definition) is 7. The first kappa shape index (κ1) is 25.8. The molecule has 0 radical (unpaired) electrons. The summed E-state index contributed by atoms with van der Waals surface area (Å²) in [5.74, 6) is -1.87. The number of piperazine rings is 1. The molecule has 8 nitrogen and oxygen atoms in total. The number of carbonyl (C=O) groups is 1. The summed E-state index contributed by atoms with van der Waals surface area (Å²) in [6, 6.07) is 3.41. The van der Waals surface area contributed by atoms with E-state index in [0.29, 0.717) is 18.8 Å². The molecule has 1 N–H and O–H groups in total. The molecule has 0 unspecified atom stereocenters. The minimum absolute atomic E-state index is 0.0471. The van der Waals surface area contributed by atoms with Crippen molar-refractivity contribution in [3.8, 4) is 0 Å². The molecule has 2 aromatic rings. The van der Waals surface area contributed by atoms with Crippen molar-refractivity contribution in [1.29, 1.82) is 0 Å². The Morgan fingerprint density at radius 3 is 2.47 bits per heavy atom. The van der Waals surface area contributed by atoms with Gasteiger partial charge in [0.05, 0.1) is 11.6 Å². The summed E-state index contributed by atoms with van der Waals surface area (Å²) in [6.07, 6.45) is -3.93. The van der Waals surface area contributed by atoms with Gasteiger partial charge in [-0.05, 0) is 38.1 Å². The topological polar surface area (TPSA) is 95.5 Å². The molecule has 1 saturated heterocycles. The highest BCUT2D eigenvalue weighted by molar-refractivity contribution is 7.89. The maximum absolute atomic E-state index is 14.2. The van der Waals surface area contributed by atoms with E-state index in [1.165, 1.54) is 19.2 Å². The lowest BCUT2D eigenvalue weighted by atomic mass is 9.99. The maximum atomic E-state index is 14.2. The summed E-state index contributed by atoms with van der Waals surface area (Å²) in [4.78, 5) is 22.4. The Morgan fingerprint density at radius 1 is 1.24 bits per heavy atom. The van der Waals surface area contributed by atoms with Gasteiger partial charge in [0.1, 0.15) is 10.7 Å². The predicted molar refractivity (Wildman–Crippen MR) is 118 cm³/mol. The van der Waals surface area contributed by atoms with Crippen LogP contribution >= 0.6 is 0 Å². The van der Waals surface area contributed by atoms with Gasteiger partial charge in [-0.1, -0.05) is 13.8 Å². The molecule has 1 aromatic carbocycles. The van der Waals surface area contributed by atoms with E-state index in [2.05, 4.69) is 14.7 Å². The number of nitrogens with one attached hydrogen (secondary N) is 1. The fourth-order valence-electron chi connectivity index (χ4n) is 3.85. The zero-order valence-corrected chi connectivity index (χ0v) is 19.8. The van der Waals surface area contributed by atoms with E-state index in [4.69, 9.17) is 0 Å². The van der Waals surface area contributed by atoms with Crippen LogP contribution < -0.4 is 14.5 Å². The SMILES string of the molecule is CNS(=O)(=O)c1cc(N2CCN(c3ncc(C(C)=O)c(C(F)(F)F)n3)[C@H](C(C)C)C2)ccc1F. The average Bonchev–Trinajstić information content (AvgIpc) is 2.77. The normalized spacial score (nSPS) is 17.4. The fraction of sp³-hybridized carbons (Fsp3) is 0.476. The molecule has 1 aliphatic rings. The van der Waals surface area contributed by atoms with E-state index in [-0.39, 0.29) is 24.5 Å². The van der Waals surface area contributed by atoms with Crippen LogP contribution in [-0.2, 0) is 16.2 Å². The monoisotopic (exact) mass is 503 g/mol. The molecule has 2 heterocycles. The number of ketones is 1. The van der Waals surface area contributed by atoms with Crippen molar-refractivity contribution in [2.75, 3.05) is 36.5 Å². The molecule has 0 aliphatic carbocycles. The summed E-state index contributed by atoms with van der Waals surface area (Å²) >= 11 is 0. The molecule has 1 fully saturated rings. The minimum atomic E-state index is -4.82. The van der Waals surface area contributed by atoms with E-state index in [9.17, 15) is 30.8 Å². The van der Waals surface area contributed by atoms with Crippen molar-refractivity contribution in [2.24, 2.45) is 5.92 Å². The summed E-state index contributed by atoms with van der Waals surface area (Å²) in [5, 5.41) is 0. The van der Waals surface area contributed by atoms with Gasteiger partial charge in [0.15, 0.2) is 11.5 Å². The zero-order chi connectivity index (χ0) is 25.4. The standard InChI is InChI=1S/C21H25F4N5O3S/c1-12(2)17-11-29(14-5-6-16(22)18(9-14)34(32,33)26-4)7-8-30(17)20-27-10-15(13(3)31)19(28-20)21(23,24)25/h5-6,9-10,12,17,26H,7-8,11H2,1-4H3/t17-/m0/s1. The Kier molecular flexibility index (Phi) is 7.18. The third kappa shape index (κ3) is 5.14. The van der Waals surface area contributed by atoms with Crippen LogP contribution in [0.5, 0.6) is 0 Å². The van der Waals surface area contributed by atoms with Crippen molar-refractivity contribution in [2.45, 2.75) is 37.9 Å². The van der Waals surface area contributed by atoms with Crippen molar-refractivity contribution in [3.63, 3.8) is 0 Å². The third-order valence-electron chi connectivity index (χ3n) is 5.71. The Bertz CT molecular complexity index is 1190. The van der Waals surface area contributed by atoms with Crippen LogP contribution in [0.4, 0.5) is 29.2 Å². The molecule has 3 rings (SSSR count). The van der Waals surface area contributed by atoms with E-state index < -0.39 is 44.0 Å². The molecule has 0 saturated carbocycles. The first-order valence-electron chi connectivity index (χ1n) is 10.5. The molecular weight excluding hydrogens is 478 g/mol. The summed E-state index contributed by atoms with van der Waals surface area (Å²) < 4.78 is 81.1. The molecule has 34 heavy (non-hydrogen) atoms. The Hall–Kier alpha value is -2.80. The number of benzene rings is 1. The van der Waals surface area contributed by atoms with Crippen LogP contribution in [0.15, 0.2) is 29.3 Å². The molecule has 186 valence electrons. The second-order valence-corrected chi connectivity index (χ2v) is 10.1. The van der Waals surface area contributed by atoms with Crippen LogP contribution in [0.1, 0.15) is 36.8 Å². The molecule has 1 aliphatic heterocycles. The average molecular weight is 504 g/mol. The highest BCUT2D eigenvalue weighted by Gasteiger charge is 2.39. The second-order valence-electron chi connectivity index (χ2n) is 8.26. The number of aromatic nitrogens is 2. The van der Waals surface area contributed by atoms with Crippen molar-refractivity contribution >= 4 is 27.4 Å². The number of hydrogen-bond donors (Lipinski definition) is 1. The molecular formula is C21H25F4N5O3S. The summed E-state index contributed by atoms with van der Waals surface area (Å²) in [7, 11) is -2.84. The molecule has 0 amide bonds. The van der Waals surface area contributed by atoms with Crippen LogP contribution in [0, 0.1) is 11.7 Å². The van der Waals surface area contributed by atoms with Gasteiger partial charge in [-0.25, -0.2) is 27.5 Å². The van der Waals surface area contributed by atoms with Gasteiger partial charge in [-0.3, -0.25) is 4.79 Å². The largest absolute Gasteiger partial charge is 0.434 e. The maximum Gasteiger partial charge on any atom is 0.434 e. The molecule has 1 aromatic heterocycles. The summed E-state index contributed by atoms with van der Waals surface area (Å²) in [6.45, 7) is 5.63. The quantitative estimate of drug-likeness (QED) is 0.478. The highest BCUT2D eigenvalue weighted by atomic mass is 32.2. The first-order valence-corrected chi connectivity index (χ1v) is 11.9. The van der Waals surface area contributed by atoms with E-state index in [0.717, 1.165) is 19.2 Å². The number of Topliss-reactive ketones (excluding diaryl/α,β-unsaturated/α-hetero) is 1. The Balaban J connectivity index is 1.96. The van der Waals surface area contributed by atoms with Crippen LogP contribution in [0.3, 0.4) is 0 Å². The Labute approximate surface area is 195 Å². The molecule has 1 atom stereocenters. The number of carbonyl (C=O) groups excluding carboxylic acids is 1. The van der Waals surface area contributed by atoms with E-state index in [1.54, 1.807) is 4.90 Å². The zero-order valence-electron chi connectivity index (χ0n) is 19.0. The van der Waals surface area contributed by atoms with E-state index >= 15 is 0 Å².